The van der Waals surface area contributed by atoms with Gasteiger partial charge in [0.25, 0.3) is 0 Å². The van der Waals surface area contributed by atoms with Crippen LogP contribution in [0.15, 0.2) is 247 Å². The third-order valence-corrected chi connectivity index (χ3v) is 12.3. The van der Waals surface area contributed by atoms with Gasteiger partial charge in [-0.25, -0.2) is 0 Å². The third-order valence-electron chi connectivity index (χ3n) is 12.3. The van der Waals surface area contributed by atoms with Crippen molar-refractivity contribution in [1.29, 1.82) is 0 Å². The molecular weight excluding hydrogens is 765 g/mol. The van der Waals surface area contributed by atoms with Crippen molar-refractivity contribution in [2.75, 3.05) is 4.90 Å². The van der Waals surface area contributed by atoms with Crippen molar-refractivity contribution < 1.29 is 4.42 Å². The van der Waals surface area contributed by atoms with Crippen molar-refractivity contribution in [2.45, 2.75) is 0 Å². The van der Waals surface area contributed by atoms with Gasteiger partial charge in [-0.2, -0.15) is 0 Å². The van der Waals surface area contributed by atoms with Gasteiger partial charge in [-0.05, 0) is 123 Å². The van der Waals surface area contributed by atoms with Crippen molar-refractivity contribution in [2.24, 2.45) is 0 Å². The quantitative estimate of drug-likeness (QED) is 0.153. The van der Waals surface area contributed by atoms with Crippen LogP contribution in [0.3, 0.4) is 0 Å². The molecule has 10 aromatic carbocycles. The molecule has 0 atom stereocenters. The summed E-state index contributed by atoms with van der Waals surface area (Å²) in [6.45, 7) is 0. The molecule has 0 aliphatic rings. The first-order chi connectivity index (χ1) is 31.2. The molecule has 0 spiro atoms. The molecule has 0 saturated carbocycles. The average molecular weight is 805 g/mol. The summed E-state index contributed by atoms with van der Waals surface area (Å²) in [7, 11) is 0. The number of fused-ring (bicyclic) bond motifs is 6. The van der Waals surface area contributed by atoms with Gasteiger partial charge in [0.1, 0.15) is 11.2 Å². The number of hydrogen-bond acceptors (Lipinski definition) is 2. The Kier molecular flexibility index (Phi) is 8.83. The molecule has 0 unspecified atom stereocenters. The van der Waals surface area contributed by atoms with Gasteiger partial charge in [0.05, 0.1) is 11.0 Å². The summed E-state index contributed by atoms with van der Waals surface area (Å²) >= 11 is 0. The second-order valence-corrected chi connectivity index (χ2v) is 16.2. The molecule has 63 heavy (non-hydrogen) atoms. The first kappa shape index (κ1) is 36.5. The number of anilines is 3. The van der Waals surface area contributed by atoms with Crippen LogP contribution < -0.4 is 4.90 Å². The van der Waals surface area contributed by atoms with E-state index in [0.29, 0.717) is 0 Å². The summed E-state index contributed by atoms with van der Waals surface area (Å²) in [5.41, 5.74) is 17.8. The first-order valence-electron chi connectivity index (χ1n) is 21.5. The highest BCUT2D eigenvalue weighted by atomic mass is 16.3. The third kappa shape index (κ3) is 6.55. The smallest absolute Gasteiger partial charge is 0.137 e. The summed E-state index contributed by atoms with van der Waals surface area (Å²) in [4.78, 5) is 2.31. The fourth-order valence-electron chi connectivity index (χ4n) is 9.34. The number of furan rings is 1. The monoisotopic (exact) mass is 804 g/mol. The Balaban J connectivity index is 0.966. The molecule has 296 valence electrons. The van der Waals surface area contributed by atoms with E-state index in [2.05, 4.69) is 240 Å². The summed E-state index contributed by atoms with van der Waals surface area (Å²) in [5, 5.41) is 4.70. The molecule has 2 heterocycles. The minimum absolute atomic E-state index is 0.870. The molecule has 0 fully saturated rings. The van der Waals surface area contributed by atoms with Crippen molar-refractivity contribution >= 4 is 60.8 Å². The molecule has 3 heteroatoms. The van der Waals surface area contributed by atoms with Gasteiger partial charge in [-0.1, -0.05) is 158 Å². The standard InChI is InChI=1S/C60H40N2O/c1-4-16-41(17-5-1)47-35-48(42-18-6-2-7-19-42)38-52(37-47)62-57-28-12-10-26-53(57)54-32-30-46(39-58(54)62)44-21-14-20-43(34-44)45-22-15-25-50(36-45)61(49-23-8-3-9-24-49)51-31-33-56-55-27-11-13-29-59(55)63-60(56)40-51/h1-40H. The summed E-state index contributed by atoms with van der Waals surface area (Å²) in [6.07, 6.45) is 0. The highest BCUT2D eigenvalue weighted by Gasteiger charge is 2.18. The molecule has 0 bridgehead atoms. The normalized spacial score (nSPS) is 11.5. The van der Waals surface area contributed by atoms with Crippen LogP contribution in [-0.4, -0.2) is 4.57 Å². The van der Waals surface area contributed by atoms with Crippen LogP contribution in [0.2, 0.25) is 0 Å². The molecule has 0 aliphatic carbocycles. The molecule has 0 amide bonds. The molecular formula is C60H40N2O. The van der Waals surface area contributed by atoms with Crippen molar-refractivity contribution in [3.63, 3.8) is 0 Å². The Bertz CT molecular complexity index is 3560. The predicted octanol–water partition coefficient (Wildman–Crippen LogP) is 16.8. The average Bonchev–Trinajstić information content (AvgIpc) is 3.90. The zero-order valence-electron chi connectivity index (χ0n) is 34.4. The highest BCUT2D eigenvalue weighted by Crippen LogP contribution is 2.41. The minimum atomic E-state index is 0.870. The number of nitrogens with zero attached hydrogens (tertiary/aromatic N) is 2. The van der Waals surface area contributed by atoms with Crippen LogP contribution in [0.25, 0.3) is 93.9 Å². The maximum atomic E-state index is 6.36. The van der Waals surface area contributed by atoms with Crippen LogP contribution in [-0.2, 0) is 0 Å². The van der Waals surface area contributed by atoms with E-state index >= 15 is 0 Å². The number of rotatable bonds is 8. The van der Waals surface area contributed by atoms with E-state index in [-0.39, 0.29) is 0 Å². The molecule has 0 saturated heterocycles. The summed E-state index contributed by atoms with van der Waals surface area (Å²) in [6, 6.07) is 87.2. The largest absolute Gasteiger partial charge is 0.456 e. The van der Waals surface area contributed by atoms with Crippen molar-refractivity contribution in [1.82, 2.24) is 4.57 Å². The number of hydrogen-bond donors (Lipinski definition) is 0. The topological polar surface area (TPSA) is 21.3 Å². The second-order valence-electron chi connectivity index (χ2n) is 16.2. The van der Waals surface area contributed by atoms with E-state index in [1.165, 1.54) is 44.1 Å². The molecule has 2 aromatic heterocycles. The van der Waals surface area contributed by atoms with Crippen LogP contribution in [0.1, 0.15) is 0 Å². The zero-order chi connectivity index (χ0) is 41.7. The van der Waals surface area contributed by atoms with Gasteiger partial charge in [0.2, 0.25) is 0 Å². The van der Waals surface area contributed by atoms with Gasteiger partial charge in [-0.3, -0.25) is 0 Å². The van der Waals surface area contributed by atoms with Gasteiger partial charge in [-0.15, -0.1) is 0 Å². The van der Waals surface area contributed by atoms with E-state index in [9.17, 15) is 0 Å². The Hall–Kier alpha value is -8.40. The molecule has 0 aliphatic heterocycles. The maximum Gasteiger partial charge on any atom is 0.137 e. The van der Waals surface area contributed by atoms with E-state index in [0.717, 1.165) is 66.9 Å². The highest BCUT2D eigenvalue weighted by molar-refractivity contribution is 6.10. The summed E-state index contributed by atoms with van der Waals surface area (Å²) in [5.74, 6) is 0. The predicted molar refractivity (Wildman–Crippen MR) is 264 cm³/mol. The fraction of sp³-hybridized carbons (Fsp3) is 0. The zero-order valence-corrected chi connectivity index (χ0v) is 34.4. The SMILES string of the molecule is c1ccc(-c2cc(-c3ccccc3)cc(-n3c4ccccc4c4ccc(-c5cccc(-c6cccc(N(c7ccccc7)c7ccc8c(c7)oc7ccccc78)c6)c5)cc43)c2)cc1. The maximum absolute atomic E-state index is 6.36. The summed E-state index contributed by atoms with van der Waals surface area (Å²) < 4.78 is 8.80. The number of para-hydroxylation sites is 3. The lowest BCUT2D eigenvalue weighted by Gasteiger charge is -2.26. The first-order valence-corrected chi connectivity index (χ1v) is 21.5. The Morgan fingerprint density at radius 3 is 1.49 bits per heavy atom. The lowest BCUT2D eigenvalue weighted by atomic mass is 9.97. The van der Waals surface area contributed by atoms with Crippen LogP contribution in [0.4, 0.5) is 17.1 Å². The Morgan fingerprint density at radius 2 is 0.762 bits per heavy atom. The Morgan fingerprint density at radius 1 is 0.270 bits per heavy atom. The molecule has 3 nitrogen and oxygen atoms in total. The molecule has 12 rings (SSSR count). The Labute approximate surface area is 366 Å². The number of aromatic nitrogens is 1. The fourth-order valence-corrected chi connectivity index (χ4v) is 9.34. The van der Waals surface area contributed by atoms with Gasteiger partial charge >= 0.3 is 0 Å². The van der Waals surface area contributed by atoms with Gasteiger partial charge < -0.3 is 13.9 Å². The van der Waals surface area contributed by atoms with Crippen LogP contribution >= 0.6 is 0 Å². The minimum Gasteiger partial charge on any atom is -0.456 e. The number of benzene rings is 10. The van der Waals surface area contributed by atoms with Crippen molar-refractivity contribution in [3.05, 3.63) is 243 Å². The van der Waals surface area contributed by atoms with E-state index in [4.69, 9.17) is 4.42 Å². The van der Waals surface area contributed by atoms with Crippen LogP contribution in [0, 0.1) is 0 Å². The molecule has 12 aromatic rings. The lowest BCUT2D eigenvalue weighted by molar-refractivity contribution is 0.669. The van der Waals surface area contributed by atoms with E-state index in [1.807, 2.05) is 12.1 Å². The van der Waals surface area contributed by atoms with Gasteiger partial charge in [0, 0.05) is 50.4 Å². The molecule has 0 radical (unpaired) electrons. The van der Waals surface area contributed by atoms with Crippen molar-refractivity contribution in [3.8, 4) is 50.2 Å². The molecule has 0 N–H and O–H groups in total. The second kappa shape index (κ2) is 15.3. The van der Waals surface area contributed by atoms with Crippen LogP contribution in [0.5, 0.6) is 0 Å². The van der Waals surface area contributed by atoms with Gasteiger partial charge in [0.15, 0.2) is 0 Å². The van der Waals surface area contributed by atoms with E-state index < -0.39 is 0 Å². The lowest BCUT2D eigenvalue weighted by Crippen LogP contribution is -2.09. The van der Waals surface area contributed by atoms with E-state index in [1.54, 1.807) is 0 Å².